The van der Waals surface area contributed by atoms with E-state index in [1.54, 1.807) is 14.0 Å². The van der Waals surface area contributed by atoms with Gasteiger partial charge in [0.25, 0.3) is 0 Å². The number of aliphatic carboxylic acids is 1. The van der Waals surface area contributed by atoms with Gasteiger partial charge in [-0.2, -0.15) is 0 Å². The molecule has 0 spiro atoms. The number of methoxy groups -OCH3 is 1. The monoisotopic (exact) mass is 480 g/mol. The minimum Gasteiger partial charge on any atom is -0.481 e. The van der Waals surface area contributed by atoms with Crippen LogP contribution < -0.4 is 0 Å². The van der Waals surface area contributed by atoms with Gasteiger partial charge in [-0.3, -0.25) is 14.4 Å². The second-order valence-electron chi connectivity index (χ2n) is 12.4. The van der Waals surface area contributed by atoms with Crippen LogP contribution in [0.3, 0.4) is 0 Å². The summed E-state index contributed by atoms with van der Waals surface area (Å²) in [5.74, 6) is -2.08. The van der Waals surface area contributed by atoms with Crippen molar-refractivity contribution >= 4 is 17.7 Å². The Morgan fingerprint density at radius 2 is 1.68 bits per heavy atom. The second kappa shape index (κ2) is 9.88. The molecule has 0 bridgehead atoms. The largest absolute Gasteiger partial charge is 0.481 e. The molecule has 3 rings (SSSR count). The average Bonchev–Trinajstić information content (AvgIpc) is 3.09. The summed E-state index contributed by atoms with van der Waals surface area (Å²) >= 11 is 0. The van der Waals surface area contributed by atoms with Crippen molar-refractivity contribution in [2.75, 3.05) is 13.9 Å². The Morgan fingerprint density at radius 1 is 1.06 bits per heavy atom. The molecule has 0 saturated heterocycles. The molecule has 7 heteroatoms. The summed E-state index contributed by atoms with van der Waals surface area (Å²) in [6.45, 7) is 11.8. The van der Waals surface area contributed by atoms with Gasteiger partial charge in [0.15, 0.2) is 0 Å². The highest BCUT2D eigenvalue weighted by Crippen LogP contribution is 2.61. The van der Waals surface area contributed by atoms with E-state index in [2.05, 4.69) is 13.8 Å². The van der Waals surface area contributed by atoms with Crippen LogP contribution in [0, 0.1) is 40.4 Å². The quantitative estimate of drug-likeness (QED) is 0.410. The maximum Gasteiger partial charge on any atom is 0.310 e. The highest BCUT2D eigenvalue weighted by Gasteiger charge is 2.61. The van der Waals surface area contributed by atoms with Crippen LogP contribution >= 0.6 is 0 Å². The van der Waals surface area contributed by atoms with Gasteiger partial charge in [-0.15, -0.1) is 0 Å². The summed E-state index contributed by atoms with van der Waals surface area (Å²) in [6, 6.07) is 0. The molecule has 0 heterocycles. The zero-order chi connectivity index (χ0) is 25.5. The van der Waals surface area contributed by atoms with Crippen LogP contribution in [0.15, 0.2) is 0 Å². The molecule has 34 heavy (non-hydrogen) atoms. The van der Waals surface area contributed by atoms with Crippen molar-refractivity contribution in [3.8, 4) is 0 Å². The van der Waals surface area contributed by atoms with Crippen molar-refractivity contribution in [1.29, 1.82) is 0 Å². The molecular formula is C27H44O7. The number of carboxylic acids is 1. The van der Waals surface area contributed by atoms with Crippen molar-refractivity contribution in [2.45, 2.75) is 98.2 Å². The lowest BCUT2D eigenvalue weighted by atomic mass is 9.51. The normalized spacial score (nSPS) is 39.4. The summed E-state index contributed by atoms with van der Waals surface area (Å²) in [5.41, 5.74) is -1.41. The van der Waals surface area contributed by atoms with Gasteiger partial charge < -0.3 is 19.3 Å². The molecule has 3 saturated carbocycles. The number of carbonyl (C=O) groups is 3. The zero-order valence-corrected chi connectivity index (χ0v) is 22.0. The van der Waals surface area contributed by atoms with E-state index in [9.17, 15) is 19.5 Å². The summed E-state index contributed by atoms with van der Waals surface area (Å²) in [6.07, 6.45) is 4.89. The van der Waals surface area contributed by atoms with Crippen LogP contribution in [0.1, 0.15) is 86.5 Å². The Labute approximate surface area is 204 Å². The highest BCUT2D eigenvalue weighted by molar-refractivity contribution is 5.87. The van der Waals surface area contributed by atoms with Crippen LogP contribution in [0.4, 0.5) is 0 Å². The number of Topliss-reactive ketones (excluding diaryl/α,β-unsaturated/α-hetero) is 1. The second-order valence-corrected chi connectivity index (χ2v) is 12.4. The third-order valence-electron chi connectivity index (χ3n) is 9.27. The van der Waals surface area contributed by atoms with E-state index < -0.39 is 28.8 Å². The number of hydrogen-bond acceptors (Lipinski definition) is 6. The van der Waals surface area contributed by atoms with Crippen LogP contribution in [-0.4, -0.2) is 48.4 Å². The molecular weight excluding hydrogens is 436 g/mol. The third kappa shape index (κ3) is 5.06. The predicted molar refractivity (Wildman–Crippen MR) is 127 cm³/mol. The van der Waals surface area contributed by atoms with Gasteiger partial charge in [-0.25, -0.2) is 0 Å². The number of carboxylic acid groups (broad SMARTS) is 1. The first-order chi connectivity index (χ1) is 15.7. The van der Waals surface area contributed by atoms with Gasteiger partial charge >= 0.3 is 11.9 Å². The van der Waals surface area contributed by atoms with E-state index in [0.717, 1.165) is 25.7 Å². The maximum absolute atomic E-state index is 14.0. The van der Waals surface area contributed by atoms with Gasteiger partial charge in [-0.1, -0.05) is 20.8 Å². The summed E-state index contributed by atoms with van der Waals surface area (Å²) in [7, 11) is 1.58. The lowest BCUT2D eigenvalue weighted by molar-refractivity contribution is -0.180. The van der Waals surface area contributed by atoms with E-state index in [4.69, 9.17) is 14.2 Å². The summed E-state index contributed by atoms with van der Waals surface area (Å²) in [5, 5.41) is 9.63. The number of esters is 1. The van der Waals surface area contributed by atoms with E-state index in [0.29, 0.717) is 19.3 Å². The first-order valence-electron chi connectivity index (χ1n) is 12.8. The van der Waals surface area contributed by atoms with Crippen LogP contribution in [-0.2, 0) is 28.6 Å². The van der Waals surface area contributed by atoms with Crippen molar-refractivity contribution in [3.05, 3.63) is 0 Å². The number of hydrogen-bond donors (Lipinski definition) is 1. The molecule has 0 aromatic heterocycles. The fourth-order valence-corrected chi connectivity index (χ4v) is 7.35. The predicted octanol–water partition coefficient (Wildman–Crippen LogP) is 4.86. The van der Waals surface area contributed by atoms with E-state index in [-0.39, 0.29) is 47.8 Å². The van der Waals surface area contributed by atoms with Crippen LogP contribution in [0.5, 0.6) is 0 Å². The van der Waals surface area contributed by atoms with Crippen LogP contribution in [0.25, 0.3) is 0 Å². The lowest BCUT2D eigenvalue weighted by Gasteiger charge is -2.52. The van der Waals surface area contributed by atoms with Crippen molar-refractivity contribution < 1.29 is 33.7 Å². The van der Waals surface area contributed by atoms with Gasteiger partial charge in [0.2, 0.25) is 0 Å². The molecule has 0 radical (unpaired) electrons. The standard InChI is InChI=1S/C27H44O7/c1-16(23(29)30)18-8-9-19-22(28)20(11-13-26(18,19)5)27(6)12-10-17(33-15-32-7)14-21(27)24(31)34-25(2,3)4/h16-21H,8-15H2,1-7H3,(H,29,30)/t16?,17?,18-,19+,20?,21?,26-,27-/m1/s1. The number of carbonyl (C=O) groups excluding carboxylic acids is 2. The molecule has 3 fully saturated rings. The number of fused-ring (bicyclic) bond motifs is 1. The fraction of sp³-hybridized carbons (Fsp3) is 0.889. The first-order valence-corrected chi connectivity index (χ1v) is 12.8. The maximum atomic E-state index is 14.0. The van der Waals surface area contributed by atoms with Gasteiger partial charge in [0, 0.05) is 18.9 Å². The fourth-order valence-electron chi connectivity index (χ4n) is 7.35. The lowest BCUT2D eigenvalue weighted by Crippen LogP contribution is -2.54. The zero-order valence-electron chi connectivity index (χ0n) is 22.0. The van der Waals surface area contributed by atoms with Gasteiger partial charge in [-0.05, 0) is 82.5 Å². The SMILES string of the molecule is COCOC1CC[C@](C)(C2CC[C@]3(C)[C@@H](C(C)C(=O)O)CC[C@H]3C2=O)C(C(=O)OC(C)(C)C)C1. The van der Waals surface area contributed by atoms with Crippen molar-refractivity contribution in [1.82, 2.24) is 0 Å². The van der Waals surface area contributed by atoms with Crippen LogP contribution in [0.2, 0.25) is 0 Å². The number of rotatable bonds is 7. The molecule has 3 aliphatic carbocycles. The highest BCUT2D eigenvalue weighted by atomic mass is 16.7. The van der Waals surface area contributed by atoms with Gasteiger partial charge in [0.1, 0.15) is 18.2 Å². The Bertz CT molecular complexity index is 786. The molecule has 8 atom stereocenters. The first kappa shape index (κ1) is 27.1. The smallest absolute Gasteiger partial charge is 0.310 e. The Morgan fingerprint density at radius 3 is 2.26 bits per heavy atom. The average molecular weight is 481 g/mol. The minimum atomic E-state index is -0.784. The summed E-state index contributed by atoms with van der Waals surface area (Å²) in [4.78, 5) is 39.2. The molecule has 194 valence electrons. The molecule has 0 aliphatic heterocycles. The molecule has 0 aromatic carbocycles. The third-order valence-corrected chi connectivity index (χ3v) is 9.27. The van der Waals surface area contributed by atoms with E-state index in [1.165, 1.54) is 0 Å². The molecule has 7 nitrogen and oxygen atoms in total. The molecule has 3 aliphatic rings. The Hall–Kier alpha value is -1.47. The van der Waals surface area contributed by atoms with Crippen molar-refractivity contribution in [3.63, 3.8) is 0 Å². The number of ether oxygens (including phenoxy) is 3. The van der Waals surface area contributed by atoms with Crippen molar-refractivity contribution in [2.24, 2.45) is 40.4 Å². The molecule has 1 N–H and O–H groups in total. The minimum absolute atomic E-state index is 0.00698. The van der Waals surface area contributed by atoms with E-state index >= 15 is 0 Å². The van der Waals surface area contributed by atoms with E-state index in [1.807, 2.05) is 20.8 Å². The molecule has 0 aromatic rings. The Kier molecular flexibility index (Phi) is 7.88. The number of ketones is 1. The summed E-state index contributed by atoms with van der Waals surface area (Å²) < 4.78 is 16.7. The Balaban J connectivity index is 1.87. The van der Waals surface area contributed by atoms with Gasteiger partial charge in [0.05, 0.1) is 17.9 Å². The molecule has 0 amide bonds. The topological polar surface area (TPSA) is 99.1 Å². The molecule has 4 unspecified atom stereocenters.